The number of alkyl halides is 3. The molecule has 0 aliphatic carbocycles. The van der Waals surface area contributed by atoms with Crippen molar-refractivity contribution in [3.63, 3.8) is 0 Å². The fourth-order valence-corrected chi connectivity index (χ4v) is 4.22. The van der Waals surface area contributed by atoms with Crippen molar-refractivity contribution in [1.29, 1.82) is 0 Å². The molecular formula is C28H20F4N2O3. The van der Waals surface area contributed by atoms with E-state index >= 15 is 0 Å². The number of nitrogens with zero attached hydrogens (tertiary/aromatic N) is 1. The van der Waals surface area contributed by atoms with E-state index in [0.717, 1.165) is 35.6 Å². The van der Waals surface area contributed by atoms with Crippen LogP contribution in [-0.4, -0.2) is 23.3 Å². The maximum atomic E-state index is 13.5. The SMILES string of the molecule is O=C(Nc1cccc(-c2cc3c(o2)CCN(C(=O)c2cccc(F)c2)C3)c1)c1ccc(C(F)(F)F)cc1. The van der Waals surface area contributed by atoms with Crippen LogP contribution in [0.2, 0.25) is 0 Å². The molecular weight excluding hydrogens is 488 g/mol. The smallest absolute Gasteiger partial charge is 0.416 e. The van der Waals surface area contributed by atoms with E-state index in [-0.39, 0.29) is 17.0 Å². The van der Waals surface area contributed by atoms with Crippen molar-refractivity contribution < 1.29 is 31.6 Å². The number of benzene rings is 3. The Hall–Kier alpha value is -4.40. The lowest BCUT2D eigenvalue weighted by atomic mass is 10.1. The molecule has 1 aromatic heterocycles. The van der Waals surface area contributed by atoms with Crippen LogP contribution < -0.4 is 5.32 Å². The molecule has 37 heavy (non-hydrogen) atoms. The first-order valence-corrected chi connectivity index (χ1v) is 11.4. The number of nitrogens with one attached hydrogen (secondary N) is 1. The molecule has 5 rings (SSSR count). The zero-order chi connectivity index (χ0) is 26.2. The Balaban J connectivity index is 1.30. The summed E-state index contributed by atoms with van der Waals surface area (Å²) in [5, 5.41) is 2.69. The molecule has 2 amide bonds. The third kappa shape index (κ3) is 5.25. The van der Waals surface area contributed by atoms with Crippen molar-refractivity contribution in [2.45, 2.75) is 19.1 Å². The summed E-state index contributed by atoms with van der Waals surface area (Å²) in [7, 11) is 0. The molecule has 4 aromatic rings. The van der Waals surface area contributed by atoms with Crippen LogP contribution in [0.5, 0.6) is 0 Å². The van der Waals surface area contributed by atoms with Crippen LogP contribution in [0.1, 0.15) is 37.6 Å². The van der Waals surface area contributed by atoms with Crippen molar-refractivity contribution in [3.05, 3.63) is 113 Å². The predicted molar refractivity (Wildman–Crippen MR) is 128 cm³/mol. The van der Waals surface area contributed by atoms with Crippen LogP contribution in [-0.2, 0) is 19.1 Å². The highest BCUT2D eigenvalue weighted by Crippen LogP contribution is 2.32. The number of rotatable bonds is 4. The van der Waals surface area contributed by atoms with Gasteiger partial charge in [-0.2, -0.15) is 13.2 Å². The van der Waals surface area contributed by atoms with E-state index in [9.17, 15) is 27.2 Å². The standard InChI is InChI=1S/C28H20F4N2O3/c29-22-5-1-4-19(13-22)27(36)34-12-11-24-20(16-34)15-25(37-24)18-3-2-6-23(14-18)33-26(35)17-7-9-21(10-8-17)28(30,31)32/h1-10,13-15H,11-12,16H2,(H,33,35). The van der Waals surface area contributed by atoms with Crippen molar-refractivity contribution in [3.8, 4) is 11.3 Å². The molecule has 0 fully saturated rings. The van der Waals surface area contributed by atoms with E-state index < -0.39 is 23.5 Å². The Labute approximate surface area is 209 Å². The van der Waals surface area contributed by atoms with Crippen LogP contribution in [0.15, 0.2) is 83.3 Å². The zero-order valence-corrected chi connectivity index (χ0v) is 19.3. The van der Waals surface area contributed by atoms with Gasteiger partial charge in [0.1, 0.15) is 17.3 Å². The van der Waals surface area contributed by atoms with Crippen LogP contribution in [0.4, 0.5) is 23.2 Å². The molecule has 3 aromatic carbocycles. The van der Waals surface area contributed by atoms with E-state index in [1.807, 2.05) is 6.07 Å². The van der Waals surface area contributed by atoms with Gasteiger partial charge < -0.3 is 14.6 Å². The Bertz CT molecular complexity index is 1480. The number of amides is 2. The minimum Gasteiger partial charge on any atom is -0.461 e. The fraction of sp³-hybridized carbons (Fsp3) is 0.143. The zero-order valence-electron chi connectivity index (χ0n) is 19.3. The van der Waals surface area contributed by atoms with Gasteiger partial charge in [0.25, 0.3) is 11.8 Å². The summed E-state index contributed by atoms with van der Waals surface area (Å²) in [4.78, 5) is 27.0. The average Bonchev–Trinajstić information content (AvgIpc) is 3.31. The molecule has 0 saturated carbocycles. The number of anilines is 1. The van der Waals surface area contributed by atoms with Crippen LogP contribution >= 0.6 is 0 Å². The van der Waals surface area contributed by atoms with Crippen molar-refractivity contribution in [2.24, 2.45) is 0 Å². The second-order valence-electron chi connectivity index (χ2n) is 8.66. The lowest BCUT2D eigenvalue weighted by molar-refractivity contribution is -0.137. The normalized spacial score (nSPS) is 13.2. The van der Waals surface area contributed by atoms with E-state index in [4.69, 9.17) is 4.42 Å². The number of carbonyl (C=O) groups is 2. The molecule has 0 radical (unpaired) electrons. The van der Waals surface area contributed by atoms with Crippen molar-refractivity contribution in [1.82, 2.24) is 4.90 Å². The Kier molecular flexibility index (Phi) is 6.29. The minimum absolute atomic E-state index is 0.0925. The maximum absolute atomic E-state index is 13.5. The number of furan rings is 1. The highest BCUT2D eigenvalue weighted by molar-refractivity contribution is 6.04. The molecule has 0 saturated heterocycles. The molecule has 0 bridgehead atoms. The first-order valence-electron chi connectivity index (χ1n) is 11.4. The summed E-state index contributed by atoms with van der Waals surface area (Å²) in [5.74, 6) is 0.0182. The summed E-state index contributed by atoms with van der Waals surface area (Å²) < 4.78 is 57.9. The van der Waals surface area contributed by atoms with Crippen LogP contribution in [0, 0.1) is 5.82 Å². The van der Waals surface area contributed by atoms with E-state index in [1.54, 1.807) is 35.2 Å². The van der Waals surface area contributed by atoms with Gasteiger partial charge in [0, 0.05) is 47.5 Å². The summed E-state index contributed by atoms with van der Waals surface area (Å²) >= 11 is 0. The number of hydrogen-bond donors (Lipinski definition) is 1. The molecule has 0 unspecified atom stereocenters. The minimum atomic E-state index is -4.48. The molecule has 188 valence electrons. The highest BCUT2D eigenvalue weighted by atomic mass is 19.4. The van der Waals surface area contributed by atoms with Gasteiger partial charge in [-0.05, 0) is 60.7 Å². The Morgan fingerprint density at radius 1 is 0.892 bits per heavy atom. The largest absolute Gasteiger partial charge is 0.461 e. The lowest BCUT2D eigenvalue weighted by Crippen LogP contribution is -2.35. The predicted octanol–water partition coefficient (Wildman–Crippen LogP) is 6.56. The molecule has 9 heteroatoms. The first-order chi connectivity index (χ1) is 17.7. The van der Waals surface area contributed by atoms with Crippen LogP contribution in [0.25, 0.3) is 11.3 Å². The van der Waals surface area contributed by atoms with Gasteiger partial charge >= 0.3 is 6.18 Å². The summed E-state index contributed by atoms with van der Waals surface area (Å²) in [6.07, 6.45) is -3.98. The topological polar surface area (TPSA) is 62.6 Å². The molecule has 2 heterocycles. The molecule has 5 nitrogen and oxygen atoms in total. The quantitative estimate of drug-likeness (QED) is 0.318. The molecule has 1 aliphatic rings. The summed E-state index contributed by atoms with van der Waals surface area (Å²) in [6.45, 7) is 0.747. The number of hydrogen-bond acceptors (Lipinski definition) is 3. The van der Waals surface area contributed by atoms with Gasteiger partial charge in [-0.15, -0.1) is 0 Å². The van der Waals surface area contributed by atoms with Crippen molar-refractivity contribution >= 4 is 17.5 Å². The Morgan fingerprint density at radius 2 is 1.65 bits per heavy atom. The monoisotopic (exact) mass is 508 g/mol. The third-order valence-corrected chi connectivity index (χ3v) is 6.10. The van der Waals surface area contributed by atoms with Gasteiger partial charge in [-0.1, -0.05) is 18.2 Å². The van der Waals surface area contributed by atoms with Crippen LogP contribution in [0.3, 0.4) is 0 Å². The van der Waals surface area contributed by atoms with Crippen molar-refractivity contribution in [2.75, 3.05) is 11.9 Å². The summed E-state index contributed by atoms with van der Waals surface area (Å²) in [6, 6.07) is 18.3. The molecule has 1 N–H and O–H groups in total. The first kappa shape index (κ1) is 24.3. The molecule has 1 aliphatic heterocycles. The molecule has 0 spiro atoms. The van der Waals surface area contributed by atoms with Gasteiger partial charge in [-0.25, -0.2) is 4.39 Å². The fourth-order valence-electron chi connectivity index (χ4n) is 4.22. The van der Waals surface area contributed by atoms with Gasteiger partial charge in [0.2, 0.25) is 0 Å². The second-order valence-corrected chi connectivity index (χ2v) is 8.66. The lowest BCUT2D eigenvalue weighted by Gasteiger charge is -2.26. The van der Waals surface area contributed by atoms with Gasteiger partial charge in [0.15, 0.2) is 0 Å². The van der Waals surface area contributed by atoms with Gasteiger partial charge in [0.05, 0.1) is 5.56 Å². The highest BCUT2D eigenvalue weighted by Gasteiger charge is 2.30. The Morgan fingerprint density at radius 3 is 2.38 bits per heavy atom. The maximum Gasteiger partial charge on any atom is 0.416 e. The van der Waals surface area contributed by atoms with E-state index in [2.05, 4.69) is 5.32 Å². The third-order valence-electron chi connectivity index (χ3n) is 6.10. The van der Waals surface area contributed by atoms with E-state index in [1.165, 1.54) is 18.2 Å². The summed E-state index contributed by atoms with van der Waals surface area (Å²) in [5.41, 5.74) is 1.51. The number of halogens is 4. The second kappa shape index (κ2) is 9.57. The number of carbonyl (C=O) groups excluding carboxylic acids is 2. The van der Waals surface area contributed by atoms with Gasteiger partial charge in [-0.3, -0.25) is 9.59 Å². The van der Waals surface area contributed by atoms with E-state index in [0.29, 0.717) is 36.5 Å². The molecule has 0 atom stereocenters. The average molecular weight is 508 g/mol. The number of fused-ring (bicyclic) bond motifs is 1.